The van der Waals surface area contributed by atoms with Gasteiger partial charge in [0.2, 0.25) is 0 Å². The van der Waals surface area contributed by atoms with Crippen molar-refractivity contribution in [1.82, 2.24) is 0 Å². The molecule has 0 spiro atoms. The van der Waals surface area contributed by atoms with Crippen molar-refractivity contribution in [1.29, 1.82) is 0 Å². The average molecular weight is 298 g/mol. The van der Waals surface area contributed by atoms with Crippen LogP contribution in [-0.4, -0.2) is 17.7 Å². The van der Waals surface area contributed by atoms with Gasteiger partial charge >= 0.3 is 5.97 Å². The molecule has 0 saturated carbocycles. The smallest absolute Gasteiger partial charge is 0.303 e. The SMILES string of the molecule is CC(CC(=O)O)c1ccc(OCCCc2ccccc2)cc1. The number of rotatable bonds is 8. The van der Waals surface area contributed by atoms with E-state index in [0.717, 1.165) is 24.2 Å². The molecule has 0 aromatic heterocycles. The normalized spacial score (nSPS) is 11.9. The van der Waals surface area contributed by atoms with Crippen LogP contribution >= 0.6 is 0 Å². The second kappa shape index (κ2) is 8.23. The lowest BCUT2D eigenvalue weighted by molar-refractivity contribution is -0.137. The van der Waals surface area contributed by atoms with Gasteiger partial charge in [0.1, 0.15) is 5.75 Å². The van der Waals surface area contributed by atoms with Crippen LogP contribution in [0.15, 0.2) is 54.6 Å². The van der Waals surface area contributed by atoms with Crippen LogP contribution in [0.2, 0.25) is 0 Å². The molecule has 2 aromatic rings. The number of aryl methyl sites for hydroxylation is 1. The maximum Gasteiger partial charge on any atom is 0.303 e. The van der Waals surface area contributed by atoms with Gasteiger partial charge in [-0.05, 0) is 42.0 Å². The first-order valence-electron chi connectivity index (χ1n) is 7.63. The Balaban J connectivity index is 1.75. The molecule has 1 atom stereocenters. The number of ether oxygens (including phenoxy) is 1. The molecule has 0 saturated heterocycles. The van der Waals surface area contributed by atoms with Crippen molar-refractivity contribution in [2.45, 2.75) is 32.1 Å². The Morgan fingerprint density at radius 2 is 1.77 bits per heavy atom. The second-order valence-electron chi connectivity index (χ2n) is 5.51. The van der Waals surface area contributed by atoms with Gasteiger partial charge in [0.15, 0.2) is 0 Å². The molecule has 3 nitrogen and oxygen atoms in total. The van der Waals surface area contributed by atoms with Gasteiger partial charge in [-0.1, -0.05) is 49.4 Å². The van der Waals surface area contributed by atoms with E-state index in [4.69, 9.17) is 9.84 Å². The van der Waals surface area contributed by atoms with E-state index in [1.807, 2.05) is 49.4 Å². The zero-order valence-electron chi connectivity index (χ0n) is 12.9. The lowest BCUT2D eigenvalue weighted by Gasteiger charge is -2.11. The Hall–Kier alpha value is -2.29. The number of hydrogen-bond acceptors (Lipinski definition) is 2. The molecule has 0 aliphatic carbocycles. The maximum absolute atomic E-state index is 10.7. The molecule has 0 bridgehead atoms. The van der Waals surface area contributed by atoms with Gasteiger partial charge in [0.25, 0.3) is 0 Å². The van der Waals surface area contributed by atoms with Gasteiger partial charge in [0, 0.05) is 0 Å². The minimum atomic E-state index is -0.770. The summed E-state index contributed by atoms with van der Waals surface area (Å²) in [6, 6.07) is 18.1. The minimum absolute atomic E-state index is 0.0182. The lowest BCUT2D eigenvalue weighted by atomic mass is 9.98. The van der Waals surface area contributed by atoms with E-state index in [1.54, 1.807) is 0 Å². The molecule has 0 amide bonds. The predicted octanol–water partition coefficient (Wildman–Crippen LogP) is 4.28. The first-order chi connectivity index (χ1) is 10.6. The van der Waals surface area contributed by atoms with Crippen LogP contribution in [0.5, 0.6) is 5.75 Å². The highest BCUT2D eigenvalue weighted by Crippen LogP contribution is 2.22. The Bertz CT molecular complexity index is 575. The summed E-state index contributed by atoms with van der Waals surface area (Å²) in [6.07, 6.45) is 2.13. The highest BCUT2D eigenvalue weighted by atomic mass is 16.5. The van der Waals surface area contributed by atoms with Gasteiger partial charge < -0.3 is 9.84 Å². The molecular weight excluding hydrogens is 276 g/mol. The third-order valence-electron chi connectivity index (χ3n) is 3.65. The Labute approximate surface area is 131 Å². The summed E-state index contributed by atoms with van der Waals surface area (Å²) < 4.78 is 5.73. The number of carbonyl (C=O) groups is 1. The molecule has 22 heavy (non-hydrogen) atoms. The maximum atomic E-state index is 10.7. The molecule has 116 valence electrons. The zero-order chi connectivity index (χ0) is 15.8. The Morgan fingerprint density at radius 1 is 1.09 bits per heavy atom. The third kappa shape index (κ3) is 5.24. The van der Waals surface area contributed by atoms with Crippen LogP contribution in [0.4, 0.5) is 0 Å². The van der Waals surface area contributed by atoms with Crippen molar-refractivity contribution in [3.63, 3.8) is 0 Å². The number of carboxylic acid groups (broad SMARTS) is 1. The van der Waals surface area contributed by atoms with Crippen molar-refractivity contribution in [3.05, 3.63) is 65.7 Å². The summed E-state index contributed by atoms with van der Waals surface area (Å²) in [7, 11) is 0. The molecule has 2 aromatic carbocycles. The van der Waals surface area contributed by atoms with E-state index < -0.39 is 5.97 Å². The lowest BCUT2D eigenvalue weighted by Crippen LogP contribution is -2.03. The van der Waals surface area contributed by atoms with E-state index in [9.17, 15) is 4.79 Å². The van der Waals surface area contributed by atoms with Crippen LogP contribution in [0, 0.1) is 0 Å². The number of hydrogen-bond donors (Lipinski definition) is 1. The summed E-state index contributed by atoms with van der Waals surface area (Å²) in [5, 5.41) is 8.81. The second-order valence-corrected chi connectivity index (χ2v) is 5.51. The molecular formula is C19H22O3. The minimum Gasteiger partial charge on any atom is -0.494 e. The topological polar surface area (TPSA) is 46.5 Å². The molecule has 0 fully saturated rings. The Morgan fingerprint density at radius 3 is 2.41 bits per heavy atom. The first-order valence-corrected chi connectivity index (χ1v) is 7.63. The molecule has 3 heteroatoms. The number of carboxylic acids is 1. The fourth-order valence-electron chi connectivity index (χ4n) is 2.38. The van der Waals surface area contributed by atoms with Crippen LogP contribution in [0.1, 0.15) is 36.8 Å². The molecule has 1 unspecified atom stereocenters. The summed E-state index contributed by atoms with van der Waals surface area (Å²) in [6.45, 7) is 2.60. The fraction of sp³-hybridized carbons (Fsp3) is 0.316. The third-order valence-corrected chi connectivity index (χ3v) is 3.65. The van der Waals surface area contributed by atoms with Gasteiger partial charge in [-0.15, -0.1) is 0 Å². The summed E-state index contributed by atoms with van der Waals surface area (Å²) >= 11 is 0. The predicted molar refractivity (Wildman–Crippen MR) is 87.4 cm³/mol. The largest absolute Gasteiger partial charge is 0.494 e. The van der Waals surface area contributed by atoms with Crippen LogP contribution < -0.4 is 4.74 Å². The van der Waals surface area contributed by atoms with Gasteiger partial charge in [-0.3, -0.25) is 4.79 Å². The van der Waals surface area contributed by atoms with E-state index in [0.29, 0.717) is 6.61 Å². The van der Waals surface area contributed by atoms with Crippen LogP contribution in [0.25, 0.3) is 0 Å². The quantitative estimate of drug-likeness (QED) is 0.740. The van der Waals surface area contributed by atoms with Crippen LogP contribution in [-0.2, 0) is 11.2 Å². The molecule has 0 radical (unpaired) electrons. The standard InChI is InChI=1S/C19H22O3/c1-15(14-19(20)21)17-9-11-18(12-10-17)22-13-5-8-16-6-3-2-4-7-16/h2-4,6-7,9-12,15H,5,8,13-14H2,1H3,(H,20,21). The molecule has 0 aliphatic heterocycles. The van der Waals surface area contributed by atoms with Crippen molar-refractivity contribution in [2.75, 3.05) is 6.61 Å². The van der Waals surface area contributed by atoms with Gasteiger partial charge in [0.05, 0.1) is 13.0 Å². The zero-order valence-corrected chi connectivity index (χ0v) is 12.9. The fourth-order valence-corrected chi connectivity index (χ4v) is 2.38. The Kier molecular flexibility index (Phi) is 6.01. The van der Waals surface area contributed by atoms with Crippen LogP contribution in [0.3, 0.4) is 0 Å². The molecule has 1 N–H and O–H groups in total. The molecule has 2 rings (SSSR count). The van der Waals surface area contributed by atoms with Gasteiger partial charge in [-0.25, -0.2) is 0 Å². The van der Waals surface area contributed by atoms with Crippen molar-refractivity contribution in [3.8, 4) is 5.75 Å². The van der Waals surface area contributed by atoms with Crippen molar-refractivity contribution in [2.24, 2.45) is 0 Å². The van der Waals surface area contributed by atoms with E-state index in [1.165, 1.54) is 5.56 Å². The average Bonchev–Trinajstić information content (AvgIpc) is 2.52. The summed E-state index contributed by atoms with van der Waals surface area (Å²) in [5.74, 6) is 0.0812. The number of aliphatic carboxylic acids is 1. The highest BCUT2D eigenvalue weighted by Gasteiger charge is 2.09. The number of benzene rings is 2. The monoisotopic (exact) mass is 298 g/mol. The van der Waals surface area contributed by atoms with E-state index >= 15 is 0 Å². The van der Waals surface area contributed by atoms with Crippen molar-refractivity contribution >= 4 is 5.97 Å². The van der Waals surface area contributed by atoms with E-state index in [2.05, 4.69) is 12.1 Å². The highest BCUT2D eigenvalue weighted by molar-refractivity contribution is 5.67. The van der Waals surface area contributed by atoms with Crippen molar-refractivity contribution < 1.29 is 14.6 Å². The van der Waals surface area contributed by atoms with Gasteiger partial charge in [-0.2, -0.15) is 0 Å². The van der Waals surface area contributed by atoms with E-state index in [-0.39, 0.29) is 12.3 Å². The first kappa shape index (κ1) is 16.1. The summed E-state index contributed by atoms with van der Waals surface area (Å²) in [4.78, 5) is 10.7. The summed E-state index contributed by atoms with van der Waals surface area (Å²) in [5.41, 5.74) is 2.35. The molecule has 0 aliphatic rings. The molecule has 0 heterocycles.